The van der Waals surface area contributed by atoms with Crippen molar-refractivity contribution in [1.29, 1.82) is 0 Å². The molecule has 1 aliphatic rings. The number of nitrogens with zero attached hydrogens (tertiary/aromatic N) is 3. The number of carbonyl (C=O) groups excluding carboxylic acids is 1. The van der Waals surface area contributed by atoms with E-state index in [0.717, 1.165) is 15.5 Å². The van der Waals surface area contributed by atoms with E-state index in [0.29, 0.717) is 6.42 Å². The lowest BCUT2D eigenvalue weighted by Gasteiger charge is -2.21. The van der Waals surface area contributed by atoms with E-state index in [4.69, 9.17) is 9.47 Å². The van der Waals surface area contributed by atoms with Crippen LogP contribution in [0.5, 0.6) is 11.5 Å². The summed E-state index contributed by atoms with van der Waals surface area (Å²) >= 11 is 3.16. The highest BCUT2D eigenvalue weighted by atomic mass is 32.1. The number of hydrazone groups is 1. The SMILES string of the molecule is COc1cc([N+](=O)[O-])ccc1OCC(=O)N1N=C(c2cccs2)CC1c1cccs1. The van der Waals surface area contributed by atoms with E-state index < -0.39 is 4.92 Å². The van der Waals surface area contributed by atoms with E-state index >= 15 is 0 Å². The second-order valence-electron chi connectivity index (χ2n) is 6.38. The number of methoxy groups -OCH3 is 1. The van der Waals surface area contributed by atoms with E-state index in [-0.39, 0.29) is 35.7 Å². The minimum absolute atomic E-state index is 0.118. The van der Waals surface area contributed by atoms with E-state index in [2.05, 4.69) is 5.10 Å². The summed E-state index contributed by atoms with van der Waals surface area (Å²) < 4.78 is 10.8. The summed E-state index contributed by atoms with van der Waals surface area (Å²) in [7, 11) is 1.39. The van der Waals surface area contributed by atoms with E-state index in [9.17, 15) is 14.9 Å². The highest BCUT2D eigenvalue weighted by Gasteiger charge is 2.34. The predicted molar refractivity (Wildman–Crippen MR) is 115 cm³/mol. The van der Waals surface area contributed by atoms with Crippen LogP contribution in [0.1, 0.15) is 22.2 Å². The third-order valence-electron chi connectivity index (χ3n) is 4.55. The first-order chi connectivity index (χ1) is 14.6. The van der Waals surface area contributed by atoms with Crippen LogP contribution < -0.4 is 9.47 Å². The van der Waals surface area contributed by atoms with Crippen LogP contribution in [0.15, 0.2) is 58.3 Å². The third kappa shape index (κ3) is 4.05. The zero-order chi connectivity index (χ0) is 21.1. The summed E-state index contributed by atoms with van der Waals surface area (Å²) in [5.74, 6) is 0.141. The molecule has 154 valence electrons. The zero-order valence-corrected chi connectivity index (χ0v) is 17.5. The first-order valence-electron chi connectivity index (χ1n) is 8.99. The average molecular weight is 444 g/mol. The topological polar surface area (TPSA) is 94.3 Å². The summed E-state index contributed by atoms with van der Waals surface area (Å²) in [5.41, 5.74) is 0.748. The molecule has 4 rings (SSSR count). The van der Waals surface area contributed by atoms with Gasteiger partial charge in [-0.2, -0.15) is 5.10 Å². The Hall–Kier alpha value is -3.24. The van der Waals surface area contributed by atoms with Gasteiger partial charge in [-0.3, -0.25) is 14.9 Å². The van der Waals surface area contributed by atoms with Crippen molar-refractivity contribution in [1.82, 2.24) is 5.01 Å². The van der Waals surface area contributed by atoms with Crippen molar-refractivity contribution in [3.05, 3.63) is 73.1 Å². The normalized spacial score (nSPS) is 15.7. The Morgan fingerprint density at radius 3 is 2.70 bits per heavy atom. The van der Waals surface area contributed by atoms with E-state index in [1.165, 1.54) is 30.3 Å². The fourth-order valence-electron chi connectivity index (χ4n) is 3.13. The van der Waals surface area contributed by atoms with Crippen LogP contribution in [0.25, 0.3) is 0 Å². The monoisotopic (exact) mass is 443 g/mol. The van der Waals surface area contributed by atoms with Crippen molar-refractivity contribution < 1.29 is 19.2 Å². The molecular formula is C20H17N3O5S2. The molecule has 0 saturated carbocycles. The Labute approximate surface area is 180 Å². The molecule has 0 bridgehead atoms. The largest absolute Gasteiger partial charge is 0.493 e. The van der Waals surface area contributed by atoms with Crippen LogP contribution in [0.4, 0.5) is 5.69 Å². The van der Waals surface area contributed by atoms with Crippen molar-refractivity contribution in [2.24, 2.45) is 5.10 Å². The molecule has 0 spiro atoms. The fraction of sp³-hybridized carbons (Fsp3) is 0.200. The molecular weight excluding hydrogens is 426 g/mol. The minimum atomic E-state index is -0.520. The van der Waals surface area contributed by atoms with Gasteiger partial charge < -0.3 is 9.47 Å². The van der Waals surface area contributed by atoms with Gasteiger partial charge in [0.25, 0.3) is 11.6 Å². The molecule has 10 heteroatoms. The smallest absolute Gasteiger partial charge is 0.281 e. The van der Waals surface area contributed by atoms with Gasteiger partial charge >= 0.3 is 0 Å². The maximum Gasteiger partial charge on any atom is 0.281 e. The zero-order valence-electron chi connectivity index (χ0n) is 15.9. The number of carbonyl (C=O) groups is 1. The second-order valence-corrected chi connectivity index (χ2v) is 8.31. The van der Waals surface area contributed by atoms with E-state index in [1.54, 1.807) is 22.7 Å². The van der Waals surface area contributed by atoms with Crippen LogP contribution in [-0.2, 0) is 4.79 Å². The summed E-state index contributed by atoms with van der Waals surface area (Å²) in [6.07, 6.45) is 0.633. The highest BCUT2D eigenvalue weighted by molar-refractivity contribution is 7.12. The molecule has 8 nitrogen and oxygen atoms in total. The summed E-state index contributed by atoms with van der Waals surface area (Å²) in [6.45, 7) is -0.267. The number of thiophene rings is 2. The van der Waals surface area contributed by atoms with Gasteiger partial charge in [-0.15, -0.1) is 22.7 Å². The molecule has 0 aliphatic carbocycles. The van der Waals surface area contributed by atoms with Crippen LogP contribution in [-0.4, -0.2) is 35.3 Å². The standard InChI is InChI=1S/C20H17N3O5S2/c1-27-17-10-13(23(25)26)6-7-16(17)28-12-20(24)22-15(19-5-3-9-30-19)11-14(21-22)18-4-2-8-29-18/h2-10,15H,11-12H2,1H3. The van der Waals surface area contributed by atoms with Gasteiger partial charge in [0.05, 0.1) is 34.7 Å². The molecule has 30 heavy (non-hydrogen) atoms. The molecule has 0 fully saturated rings. The molecule has 0 saturated heterocycles. The molecule has 2 aromatic heterocycles. The molecule has 1 aromatic carbocycles. The molecule has 1 amide bonds. The Morgan fingerprint density at radius 1 is 1.23 bits per heavy atom. The van der Waals surface area contributed by atoms with Gasteiger partial charge in [0.15, 0.2) is 18.1 Å². The number of nitro benzene ring substituents is 1. The van der Waals surface area contributed by atoms with Crippen LogP contribution in [0.2, 0.25) is 0 Å². The first kappa shape index (κ1) is 20.0. The quantitative estimate of drug-likeness (QED) is 0.396. The summed E-state index contributed by atoms with van der Waals surface area (Å²) in [6, 6.07) is 11.7. The first-order valence-corrected chi connectivity index (χ1v) is 10.7. The number of ether oxygens (including phenoxy) is 2. The number of amides is 1. The highest BCUT2D eigenvalue weighted by Crippen LogP contribution is 2.36. The molecule has 1 atom stereocenters. The van der Waals surface area contributed by atoms with Crippen molar-refractivity contribution in [3.8, 4) is 11.5 Å². The maximum absolute atomic E-state index is 13.0. The number of hydrogen-bond acceptors (Lipinski definition) is 8. The lowest BCUT2D eigenvalue weighted by Crippen LogP contribution is -2.31. The number of benzene rings is 1. The second kappa shape index (κ2) is 8.64. The molecule has 3 heterocycles. The molecule has 0 radical (unpaired) electrons. The number of rotatable bonds is 7. The lowest BCUT2D eigenvalue weighted by molar-refractivity contribution is -0.384. The molecule has 1 aliphatic heterocycles. The van der Waals surface area contributed by atoms with Crippen LogP contribution in [0.3, 0.4) is 0 Å². The number of hydrogen-bond donors (Lipinski definition) is 0. The summed E-state index contributed by atoms with van der Waals surface area (Å²) in [4.78, 5) is 25.5. The van der Waals surface area contributed by atoms with Crippen LogP contribution in [0, 0.1) is 10.1 Å². The van der Waals surface area contributed by atoms with Crippen molar-refractivity contribution in [2.75, 3.05) is 13.7 Å². The van der Waals surface area contributed by atoms with Gasteiger partial charge in [0.2, 0.25) is 0 Å². The Bertz CT molecular complexity index is 1080. The average Bonchev–Trinajstić information content (AvgIpc) is 3.51. The minimum Gasteiger partial charge on any atom is -0.493 e. The van der Waals surface area contributed by atoms with Crippen LogP contribution >= 0.6 is 22.7 Å². The predicted octanol–water partition coefficient (Wildman–Crippen LogP) is 4.48. The van der Waals surface area contributed by atoms with Crippen molar-refractivity contribution in [2.45, 2.75) is 12.5 Å². The van der Waals surface area contributed by atoms with Crippen molar-refractivity contribution in [3.63, 3.8) is 0 Å². The Kier molecular flexibility index (Phi) is 5.77. The maximum atomic E-state index is 13.0. The molecule has 1 unspecified atom stereocenters. The van der Waals surface area contributed by atoms with Gasteiger partial charge in [-0.1, -0.05) is 12.1 Å². The van der Waals surface area contributed by atoms with Gasteiger partial charge in [0.1, 0.15) is 0 Å². The van der Waals surface area contributed by atoms with Gasteiger partial charge in [0, 0.05) is 17.4 Å². The fourth-order valence-corrected chi connectivity index (χ4v) is 4.66. The van der Waals surface area contributed by atoms with Gasteiger partial charge in [-0.25, -0.2) is 5.01 Å². The number of non-ortho nitro benzene ring substituents is 1. The van der Waals surface area contributed by atoms with Gasteiger partial charge in [-0.05, 0) is 29.0 Å². The Balaban J connectivity index is 1.53. The van der Waals surface area contributed by atoms with E-state index in [1.807, 2.05) is 35.0 Å². The number of nitro groups is 1. The Morgan fingerprint density at radius 2 is 2.03 bits per heavy atom. The molecule has 3 aromatic rings. The molecule has 0 N–H and O–H groups in total. The third-order valence-corrected chi connectivity index (χ3v) is 6.44. The lowest BCUT2D eigenvalue weighted by atomic mass is 10.1. The van der Waals surface area contributed by atoms with Crippen molar-refractivity contribution >= 4 is 40.0 Å². The summed E-state index contributed by atoms with van der Waals surface area (Å²) in [5, 5.41) is 20.9.